The predicted molar refractivity (Wildman–Crippen MR) is 70.8 cm³/mol. The summed E-state index contributed by atoms with van der Waals surface area (Å²) in [5.41, 5.74) is 1.09. The number of thiazole rings is 1. The third-order valence-corrected chi connectivity index (χ3v) is 5.07. The van der Waals surface area contributed by atoms with Crippen molar-refractivity contribution in [2.45, 2.75) is 50.5 Å². The Balaban J connectivity index is 1.81. The molecular formula is C13H20N2O2S. The van der Waals surface area contributed by atoms with Gasteiger partial charge in [0.25, 0.3) is 0 Å². The molecule has 2 saturated heterocycles. The third kappa shape index (κ3) is 2.20. The van der Waals surface area contributed by atoms with Crippen molar-refractivity contribution in [3.8, 4) is 0 Å². The first kappa shape index (κ1) is 12.5. The summed E-state index contributed by atoms with van der Waals surface area (Å²) in [6, 6.07) is 0. The van der Waals surface area contributed by atoms with Crippen LogP contribution in [0.2, 0.25) is 0 Å². The van der Waals surface area contributed by atoms with E-state index in [1.54, 1.807) is 7.11 Å². The molecule has 0 radical (unpaired) electrons. The summed E-state index contributed by atoms with van der Waals surface area (Å²) >= 11 is 1.83. The largest absolute Gasteiger partial charge is 0.378 e. The normalized spacial score (nSPS) is 30.2. The van der Waals surface area contributed by atoms with E-state index in [0.29, 0.717) is 24.7 Å². The molecule has 3 heterocycles. The minimum atomic E-state index is 0.416. The first-order valence-electron chi connectivity index (χ1n) is 6.59. The molecule has 1 aromatic heterocycles. The van der Waals surface area contributed by atoms with E-state index < -0.39 is 0 Å². The van der Waals surface area contributed by atoms with Crippen LogP contribution in [0.4, 0.5) is 0 Å². The lowest BCUT2D eigenvalue weighted by atomic mass is 9.90. The minimum Gasteiger partial charge on any atom is -0.378 e. The molecule has 2 bridgehead atoms. The summed E-state index contributed by atoms with van der Waals surface area (Å²) in [6.45, 7) is 1.48. The van der Waals surface area contributed by atoms with E-state index >= 15 is 0 Å². The van der Waals surface area contributed by atoms with Crippen molar-refractivity contribution in [1.29, 1.82) is 0 Å². The maximum atomic E-state index is 5.93. The summed E-state index contributed by atoms with van der Waals surface area (Å²) in [7, 11) is 3.69. The van der Waals surface area contributed by atoms with Crippen LogP contribution < -0.4 is 5.32 Å². The van der Waals surface area contributed by atoms with Crippen molar-refractivity contribution < 1.29 is 9.47 Å². The van der Waals surface area contributed by atoms with Gasteiger partial charge in [-0.25, -0.2) is 4.98 Å². The standard InChI is InChI=1S/C13H20N2O2S/c1-14-6-12-10(7-16-2)15-13(18-12)9-5-8-3-4-11(9)17-8/h8-9,11,14H,3-7H2,1-2H3. The number of rotatable bonds is 5. The van der Waals surface area contributed by atoms with Gasteiger partial charge in [-0.05, 0) is 26.3 Å². The van der Waals surface area contributed by atoms with Crippen LogP contribution in [0.5, 0.6) is 0 Å². The lowest BCUT2D eigenvalue weighted by Gasteiger charge is -2.15. The predicted octanol–water partition coefficient (Wildman–Crippen LogP) is 2.04. The molecule has 0 saturated carbocycles. The zero-order valence-electron chi connectivity index (χ0n) is 10.9. The number of nitrogens with one attached hydrogen (secondary N) is 1. The smallest absolute Gasteiger partial charge is 0.0990 e. The highest BCUT2D eigenvalue weighted by atomic mass is 32.1. The van der Waals surface area contributed by atoms with E-state index in [1.807, 2.05) is 18.4 Å². The molecule has 2 aliphatic rings. The second-order valence-corrected chi connectivity index (χ2v) is 6.22. The molecule has 4 nitrogen and oxygen atoms in total. The summed E-state index contributed by atoms with van der Waals surface area (Å²) < 4.78 is 11.2. The van der Waals surface area contributed by atoms with Crippen molar-refractivity contribution in [1.82, 2.24) is 10.3 Å². The second-order valence-electron chi connectivity index (χ2n) is 5.10. The highest BCUT2D eigenvalue weighted by molar-refractivity contribution is 7.11. The monoisotopic (exact) mass is 268 g/mol. The summed E-state index contributed by atoms with van der Waals surface area (Å²) in [6.07, 6.45) is 4.50. The summed E-state index contributed by atoms with van der Waals surface area (Å²) in [5, 5.41) is 4.45. The number of ether oxygens (including phenoxy) is 2. The Morgan fingerprint density at radius 2 is 2.39 bits per heavy atom. The van der Waals surface area contributed by atoms with E-state index in [-0.39, 0.29) is 0 Å². The van der Waals surface area contributed by atoms with Crippen LogP contribution in [-0.4, -0.2) is 31.3 Å². The molecule has 18 heavy (non-hydrogen) atoms. The van der Waals surface area contributed by atoms with Gasteiger partial charge < -0.3 is 14.8 Å². The molecule has 2 fully saturated rings. The number of hydrogen-bond acceptors (Lipinski definition) is 5. The fourth-order valence-electron chi connectivity index (χ4n) is 3.01. The van der Waals surface area contributed by atoms with E-state index in [2.05, 4.69) is 5.32 Å². The average Bonchev–Trinajstić information content (AvgIpc) is 3.05. The van der Waals surface area contributed by atoms with Gasteiger partial charge in [-0.3, -0.25) is 0 Å². The molecule has 0 aliphatic carbocycles. The molecule has 100 valence electrons. The number of fused-ring (bicyclic) bond motifs is 2. The SMILES string of the molecule is CNCc1sc(C2CC3CCC2O3)nc1COC. The number of aromatic nitrogens is 1. The maximum absolute atomic E-state index is 5.93. The molecule has 0 spiro atoms. The van der Waals surface area contributed by atoms with Gasteiger partial charge in [-0.15, -0.1) is 11.3 Å². The fourth-order valence-corrected chi connectivity index (χ4v) is 4.25. The molecule has 3 rings (SSSR count). The molecule has 2 aliphatic heterocycles. The Labute approximate surface area is 112 Å². The maximum Gasteiger partial charge on any atom is 0.0990 e. The van der Waals surface area contributed by atoms with E-state index in [0.717, 1.165) is 18.7 Å². The first-order valence-corrected chi connectivity index (χ1v) is 7.41. The first-order chi connectivity index (χ1) is 8.81. The Kier molecular flexibility index (Phi) is 3.66. The van der Waals surface area contributed by atoms with Gasteiger partial charge in [-0.2, -0.15) is 0 Å². The molecule has 3 atom stereocenters. The number of nitrogens with zero attached hydrogens (tertiary/aromatic N) is 1. The molecular weight excluding hydrogens is 248 g/mol. The second kappa shape index (κ2) is 5.25. The number of hydrogen-bond donors (Lipinski definition) is 1. The topological polar surface area (TPSA) is 43.4 Å². The lowest BCUT2D eigenvalue weighted by Crippen LogP contribution is -2.14. The Morgan fingerprint density at radius 1 is 1.50 bits per heavy atom. The van der Waals surface area contributed by atoms with Crippen molar-refractivity contribution in [3.05, 3.63) is 15.6 Å². The Hall–Kier alpha value is -0.490. The van der Waals surface area contributed by atoms with E-state index in [1.165, 1.54) is 22.7 Å². The molecule has 0 amide bonds. The van der Waals surface area contributed by atoms with Gasteiger partial charge in [0.1, 0.15) is 0 Å². The van der Waals surface area contributed by atoms with Gasteiger partial charge in [0.2, 0.25) is 0 Å². The minimum absolute atomic E-state index is 0.416. The zero-order valence-corrected chi connectivity index (χ0v) is 11.8. The van der Waals surface area contributed by atoms with Crippen LogP contribution in [0, 0.1) is 0 Å². The van der Waals surface area contributed by atoms with Gasteiger partial charge in [0.15, 0.2) is 0 Å². The van der Waals surface area contributed by atoms with Crippen LogP contribution >= 0.6 is 11.3 Å². The molecule has 1 aromatic rings. The van der Waals surface area contributed by atoms with E-state index in [4.69, 9.17) is 14.5 Å². The average molecular weight is 268 g/mol. The zero-order chi connectivity index (χ0) is 12.5. The fraction of sp³-hybridized carbons (Fsp3) is 0.769. The number of methoxy groups -OCH3 is 1. The van der Waals surface area contributed by atoms with Crippen LogP contribution in [0.25, 0.3) is 0 Å². The van der Waals surface area contributed by atoms with Gasteiger partial charge in [0, 0.05) is 24.4 Å². The van der Waals surface area contributed by atoms with Crippen LogP contribution in [0.1, 0.15) is 40.8 Å². The van der Waals surface area contributed by atoms with Crippen LogP contribution in [-0.2, 0) is 22.6 Å². The quantitative estimate of drug-likeness (QED) is 0.887. The molecule has 5 heteroatoms. The molecule has 1 N–H and O–H groups in total. The summed E-state index contributed by atoms with van der Waals surface area (Å²) in [4.78, 5) is 6.10. The van der Waals surface area contributed by atoms with Gasteiger partial charge in [-0.1, -0.05) is 0 Å². The van der Waals surface area contributed by atoms with Crippen LogP contribution in [0.3, 0.4) is 0 Å². The van der Waals surface area contributed by atoms with Crippen molar-refractivity contribution in [3.63, 3.8) is 0 Å². The van der Waals surface area contributed by atoms with Crippen molar-refractivity contribution >= 4 is 11.3 Å². The summed E-state index contributed by atoms with van der Waals surface area (Å²) in [5.74, 6) is 0.523. The van der Waals surface area contributed by atoms with Gasteiger partial charge in [0.05, 0.1) is 29.5 Å². The van der Waals surface area contributed by atoms with Gasteiger partial charge >= 0.3 is 0 Å². The van der Waals surface area contributed by atoms with E-state index in [9.17, 15) is 0 Å². The third-order valence-electron chi connectivity index (χ3n) is 3.84. The highest BCUT2D eigenvalue weighted by Gasteiger charge is 2.43. The van der Waals surface area contributed by atoms with Crippen LogP contribution in [0.15, 0.2) is 0 Å². The Bertz CT molecular complexity index is 398. The molecule has 3 unspecified atom stereocenters. The van der Waals surface area contributed by atoms with Crippen molar-refractivity contribution in [2.24, 2.45) is 0 Å². The lowest BCUT2D eigenvalue weighted by molar-refractivity contribution is 0.100. The van der Waals surface area contributed by atoms with Crippen molar-refractivity contribution in [2.75, 3.05) is 14.2 Å². The molecule has 0 aromatic carbocycles. The Morgan fingerprint density at radius 3 is 3.00 bits per heavy atom. The highest BCUT2D eigenvalue weighted by Crippen LogP contribution is 2.45.